The monoisotopic (exact) mass is 287 g/mol. The average molecular weight is 287 g/mol. The largest absolute Gasteiger partial charge is 0.352 e. The van der Waals surface area contributed by atoms with Gasteiger partial charge in [0.25, 0.3) is 0 Å². The first-order chi connectivity index (χ1) is 9.97. The summed E-state index contributed by atoms with van der Waals surface area (Å²) in [5.74, 6) is 0.822. The van der Waals surface area contributed by atoms with Crippen molar-refractivity contribution in [2.45, 2.75) is 40.3 Å². The van der Waals surface area contributed by atoms with Crippen molar-refractivity contribution >= 4 is 5.91 Å². The Morgan fingerprint density at radius 1 is 1.29 bits per heavy atom. The van der Waals surface area contributed by atoms with Crippen molar-refractivity contribution in [3.63, 3.8) is 0 Å². The summed E-state index contributed by atoms with van der Waals surface area (Å²) in [6, 6.07) is 7.95. The summed E-state index contributed by atoms with van der Waals surface area (Å²) in [6.45, 7) is 8.18. The molecule has 1 N–H and O–H groups in total. The van der Waals surface area contributed by atoms with Crippen LogP contribution in [-0.4, -0.2) is 32.2 Å². The molecule has 21 heavy (non-hydrogen) atoms. The summed E-state index contributed by atoms with van der Waals surface area (Å²) in [6.07, 6.45) is 0. The van der Waals surface area contributed by atoms with Gasteiger partial charge in [-0.05, 0) is 30.5 Å². The SMILES string of the molecule is Cc1ccccc1-c1nnn(CC(=O)N[C@H](C)C(C)C)n1. The Morgan fingerprint density at radius 2 is 2.00 bits per heavy atom. The van der Waals surface area contributed by atoms with Crippen LogP contribution in [0, 0.1) is 12.8 Å². The van der Waals surface area contributed by atoms with Gasteiger partial charge < -0.3 is 5.32 Å². The molecule has 0 fully saturated rings. The molecule has 1 heterocycles. The topological polar surface area (TPSA) is 72.7 Å². The zero-order valence-corrected chi connectivity index (χ0v) is 12.9. The van der Waals surface area contributed by atoms with Gasteiger partial charge in [0.1, 0.15) is 6.54 Å². The molecule has 1 aromatic carbocycles. The molecular formula is C15H21N5O. The molecule has 0 saturated heterocycles. The lowest BCUT2D eigenvalue weighted by atomic mass is 10.1. The molecule has 0 aliphatic rings. The van der Waals surface area contributed by atoms with Gasteiger partial charge >= 0.3 is 0 Å². The minimum Gasteiger partial charge on any atom is -0.352 e. The van der Waals surface area contributed by atoms with E-state index in [1.165, 1.54) is 4.80 Å². The molecule has 6 nitrogen and oxygen atoms in total. The Morgan fingerprint density at radius 3 is 2.67 bits per heavy atom. The van der Waals surface area contributed by atoms with Crippen molar-refractivity contribution in [3.8, 4) is 11.4 Å². The van der Waals surface area contributed by atoms with Crippen LogP contribution < -0.4 is 5.32 Å². The highest BCUT2D eigenvalue weighted by Gasteiger charge is 2.13. The highest BCUT2D eigenvalue weighted by atomic mass is 16.2. The fourth-order valence-electron chi connectivity index (χ4n) is 1.84. The molecule has 1 aromatic heterocycles. The van der Waals surface area contributed by atoms with Crippen molar-refractivity contribution in [3.05, 3.63) is 29.8 Å². The summed E-state index contributed by atoms with van der Waals surface area (Å²) in [5, 5.41) is 15.1. The molecule has 1 atom stereocenters. The molecule has 1 amide bonds. The Labute approximate surface area is 124 Å². The molecule has 0 radical (unpaired) electrons. The lowest BCUT2D eigenvalue weighted by molar-refractivity contribution is -0.123. The molecule has 2 rings (SSSR count). The maximum absolute atomic E-state index is 11.9. The van der Waals surface area contributed by atoms with E-state index >= 15 is 0 Å². The first kappa shape index (κ1) is 15.2. The van der Waals surface area contributed by atoms with Crippen molar-refractivity contribution in [1.82, 2.24) is 25.5 Å². The lowest BCUT2D eigenvalue weighted by Gasteiger charge is -2.16. The van der Waals surface area contributed by atoms with E-state index in [-0.39, 0.29) is 18.5 Å². The number of hydrogen-bond acceptors (Lipinski definition) is 4. The predicted octanol–water partition coefficient (Wildman–Crippen LogP) is 1.81. The molecule has 6 heteroatoms. The number of aryl methyl sites for hydroxylation is 1. The molecule has 0 spiro atoms. The smallest absolute Gasteiger partial charge is 0.243 e. The molecule has 2 aromatic rings. The Balaban J connectivity index is 2.04. The molecule has 0 unspecified atom stereocenters. The van der Waals surface area contributed by atoms with Gasteiger partial charge in [-0.1, -0.05) is 38.1 Å². The first-order valence-corrected chi connectivity index (χ1v) is 7.10. The third-order valence-electron chi connectivity index (χ3n) is 3.51. The van der Waals surface area contributed by atoms with Crippen molar-refractivity contribution < 1.29 is 4.79 Å². The number of amides is 1. The van der Waals surface area contributed by atoms with E-state index in [2.05, 4.69) is 34.6 Å². The van der Waals surface area contributed by atoms with E-state index < -0.39 is 0 Å². The summed E-state index contributed by atoms with van der Waals surface area (Å²) in [7, 11) is 0. The third kappa shape index (κ3) is 3.87. The van der Waals surface area contributed by atoms with Crippen LogP contribution in [0.25, 0.3) is 11.4 Å². The number of rotatable bonds is 5. The van der Waals surface area contributed by atoms with Gasteiger partial charge in [-0.15, -0.1) is 10.2 Å². The van der Waals surface area contributed by atoms with Crippen molar-refractivity contribution in [1.29, 1.82) is 0 Å². The number of nitrogens with one attached hydrogen (secondary N) is 1. The molecule has 0 bridgehead atoms. The average Bonchev–Trinajstić information content (AvgIpc) is 2.87. The van der Waals surface area contributed by atoms with Gasteiger partial charge in [0.2, 0.25) is 11.7 Å². The van der Waals surface area contributed by atoms with E-state index in [1.807, 2.05) is 38.1 Å². The van der Waals surface area contributed by atoms with Gasteiger partial charge in [0, 0.05) is 11.6 Å². The predicted molar refractivity (Wildman–Crippen MR) is 80.4 cm³/mol. The number of nitrogens with zero attached hydrogens (tertiary/aromatic N) is 4. The second-order valence-corrected chi connectivity index (χ2v) is 5.56. The summed E-state index contributed by atoms with van der Waals surface area (Å²) >= 11 is 0. The highest BCUT2D eigenvalue weighted by Crippen LogP contribution is 2.17. The molecular weight excluding hydrogens is 266 g/mol. The number of carbonyl (C=O) groups is 1. The minimum atomic E-state index is -0.107. The maximum atomic E-state index is 11.9. The second-order valence-electron chi connectivity index (χ2n) is 5.56. The molecule has 0 aliphatic carbocycles. The van der Waals surface area contributed by atoms with E-state index in [0.717, 1.165) is 11.1 Å². The number of tetrazole rings is 1. The van der Waals surface area contributed by atoms with E-state index in [0.29, 0.717) is 11.7 Å². The van der Waals surface area contributed by atoms with Gasteiger partial charge in [-0.2, -0.15) is 4.80 Å². The minimum absolute atomic E-state index is 0.0793. The summed E-state index contributed by atoms with van der Waals surface area (Å²) < 4.78 is 0. The fourth-order valence-corrected chi connectivity index (χ4v) is 1.84. The van der Waals surface area contributed by atoms with Crippen LogP contribution in [0.3, 0.4) is 0 Å². The van der Waals surface area contributed by atoms with Crippen molar-refractivity contribution in [2.75, 3.05) is 0 Å². The maximum Gasteiger partial charge on any atom is 0.243 e. The number of carbonyl (C=O) groups excluding carboxylic acids is 1. The summed E-state index contributed by atoms with van der Waals surface area (Å²) in [5.41, 5.74) is 2.01. The first-order valence-electron chi connectivity index (χ1n) is 7.10. The van der Waals surface area contributed by atoms with Crippen LogP contribution in [0.4, 0.5) is 0 Å². The van der Waals surface area contributed by atoms with Gasteiger partial charge in [-0.3, -0.25) is 4.79 Å². The zero-order chi connectivity index (χ0) is 15.4. The van der Waals surface area contributed by atoms with Crippen LogP contribution in [0.1, 0.15) is 26.3 Å². The van der Waals surface area contributed by atoms with Crippen LogP contribution in [0.2, 0.25) is 0 Å². The zero-order valence-electron chi connectivity index (χ0n) is 12.9. The quantitative estimate of drug-likeness (QED) is 0.910. The normalized spacial score (nSPS) is 12.4. The molecule has 112 valence electrons. The number of aromatic nitrogens is 4. The number of benzene rings is 1. The molecule has 0 aliphatic heterocycles. The van der Waals surface area contributed by atoms with Crippen LogP contribution in [0.5, 0.6) is 0 Å². The van der Waals surface area contributed by atoms with E-state index in [9.17, 15) is 4.79 Å². The Hall–Kier alpha value is -2.24. The Kier molecular flexibility index (Phi) is 4.67. The highest BCUT2D eigenvalue weighted by molar-refractivity contribution is 5.75. The molecule has 0 saturated carbocycles. The Bertz CT molecular complexity index is 620. The van der Waals surface area contributed by atoms with Crippen LogP contribution in [-0.2, 0) is 11.3 Å². The van der Waals surface area contributed by atoms with Gasteiger partial charge in [0.05, 0.1) is 0 Å². The van der Waals surface area contributed by atoms with Crippen LogP contribution >= 0.6 is 0 Å². The third-order valence-corrected chi connectivity index (χ3v) is 3.51. The van der Waals surface area contributed by atoms with Crippen LogP contribution in [0.15, 0.2) is 24.3 Å². The standard InChI is InChI=1S/C15H21N5O/c1-10(2)12(4)16-14(21)9-20-18-15(17-19-20)13-8-6-5-7-11(13)3/h5-8,10,12H,9H2,1-4H3,(H,16,21)/t12-/m1/s1. The lowest BCUT2D eigenvalue weighted by Crippen LogP contribution is -2.38. The second kappa shape index (κ2) is 6.47. The van der Waals surface area contributed by atoms with Gasteiger partial charge in [0.15, 0.2) is 0 Å². The summed E-state index contributed by atoms with van der Waals surface area (Å²) in [4.78, 5) is 13.2. The van der Waals surface area contributed by atoms with E-state index in [1.54, 1.807) is 0 Å². The number of hydrogen-bond donors (Lipinski definition) is 1. The van der Waals surface area contributed by atoms with Gasteiger partial charge in [-0.25, -0.2) is 0 Å². The van der Waals surface area contributed by atoms with Crippen molar-refractivity contribution in [2.24, 2.45) is 5.92 Å². The van der Waals surface area contributed by atoms with E-state index in [4.69, 9.17) is 0 Å². The fraction of sp³-hybridized carbons (Fsp3) is 0.467.